The smallest absolute Gasteiger partial charge is 0.307 e. The van der Waals surface area contributed by atoms with Gasteiger partial charge in [-0.1, -0.05) is 98.1 Å². The van der Waals surface area contributed by atoms with Crippen molar-refractivity contribution in [3.05, 3.63) is 54.1 Å². The van der Waals surface area contributed by atoms with Crippen LogP contribution in [0.2, 0.25) is 0 Å². The summed E-state index contributed by atoms with van der Waals surface area (Å²) in [7, 11) is 0. The molecule has 0 spiro atoms. The average Bonchev–Trinajstić information content (AvgIpc) is 2.90. The Morgan fingerprint density at radius 3 is 1.61 bits per heavy atom. The number of carbonyl (C=O) groups is 4. The lowest BCUT2D eigenvalue weighted by Gasteiger charge is -2.49. The van der Waals surface area contributed by atoms with Crippen molar-refractivity contribution in [1.29, 1.82) is 0 Å². The van der Waals surface area contributed by atoms with E-state index in [1.807, 2.05) is 48.5 Å². The lowest BCUT2D eigenvalue weighted by molar-refractivity contribution is -0.149. The second-order valence-corrected chi connectivity index (χ2v) is 17.3. The number of hydrogen-bond donors (Lipinski definition) is 5. The van der Waals surface area contributed by atoms with Crippen molar-refractivity contribution in [2.24, 2.45) is 28.1 Å². The Balaban J connectivity index is 3.44. The number of phenolic OH excluding ortho intramolecular Hbond substituents is 1. The van der Waals surface area contributed by atoms with Gasteiger partial charge in [-0.3, -0.25) is 19.2 Å². The average molecular weight is 726 g/mol. The molecule has 0 radical (unpaired) electrons. The van der Waals surface area contributed by atoms with E-state index in [9.17, 15) is 29.4 Å². The number of benzene rings is 1. The summed E-state index contributed by atoms with van der Waals surface area (Å²) < 4.78 is -0.213. The van der Waals surface area contributed by atoms with Crippen LogP contribution in [0, 0.1) is 28.1 Å². The summed E-state index contributed by atoms with van der Waals surface area (Å²) in [5.74, 6) is -2.94. The van der Waals surface area contributed by atoms with Crippen LogP contribution in [0.4, 0.5) is 0 Å². The van der Waals surface area contributed by atoms with Crippen molar-refractivity contribution >= 4 is 46.3 Å². The van der Waals surface area contributed by atoms with E-state index in [2.05, 4.69) is 65.5 Å². The standard InChI is InChI=1S/C34H52IN3O6/c1-12-26(39)36-19-22-14-21(15-23(28(22)41)20-37-27(40)13-2)18-38-29(42)24(17-33(8,9)35)34(10,11)32(6,7)16-25(30(43)44)31(3,4)5/h12-15,24-25,41H,1-2,16-20H2,3-11H3,(H,36,39)(H,37,40)(H,38,42)(H,43,44). The van der Waals surface area contributed by atoms with Crippen LogP contribution in [0.15, 0.2) is 37.4 Å². The fourth-order valence-corrected chi connectivity index (χ4v) is 5.64. The van der Waals surface area contributed by atoms with E-state index in [0.717, 1.165) is 12.2 Å². The minimum absolute atomic E-state index is 0.0201. The highest BCUT2D eigenvalue weighted by Crippen LogP contribution is 2.53. The minimum atomic E-state index is -0.843. The minimum Gasteiger partial charge on any atom is -0.507 e. The number of phenols is 1. The zero-order chi connectivity index (χ0) is 34.3. The predicted molar refractivity (Wildman–Crippen MR) is 183 cm³/mol. The third-order valence-electron chi connectivity index (χ3n) is 8.75. The van der Waals surface area contributed by atoms with Gasteiger partial charge in [0.1, 0.15) is 5.75 Å². The lowest BCUT2D eigenvalue weighted by Crippen LogP contribution is -2.50. The summed E-state index contributed by atoms with van der Waals surface area (Å²) in [5, 5.41) is 29.3. The molecular formula is C34H52IN3O6. The maximum absolute atomic E-state index is 14.0. The second-order valence-electron chi connectivity index (χ2n) is 14.4. The SMILES string of the molecule is C=CC(=O)NCc1cc(CNC(=O)C(CC(C)(C)I)C(C)(C)C(C)(C)CC(C(=O)O)C(C)(C)C)cc(CNC(=O)C=C)c1O. The molecule has 1 aromatic carbocycles. The molecule has 5 N–H and O–H groups in total. The van der Waals surface area contributed by atoms with E-state index in [4.69, 9.17) is 0 Å². The molecule has 0 saturated heterocycles. The summed E-state index contributed by atoms with van der Waals surface area (Å²) >= 11 is 2.34. The number of hydrogen-bond acceptors (Lipinski definition) is 5. The van der Waals surface area contributed by atoms with Gasteiger partial charge in [0.15, 0.2) is 0 Å². The number of carbonyl (C=O) groups excluding carboxylic acids is 3. The molecule has 3 amide bonds. The maximum Gasteiger partial charge on any atom is 0.307 e. The van der Waals surface area contributed by atoms with Gasteiger partial charge in [-0.15, -0.1) is 0 Å². The number of alkyl halides is 1. The van der Waals surface area contributed by atoms with Gasteiger partial charge in [-0.25, -0.2) is 0 Å². The van der Waals surface area contributed by atoms with Crippen LogP contribution in [0.5, 0.6) is 5.75 Å². The first-order chi connectivity index (χ1) is 20.0. The lowest BCUT2D eigenvalue weighted by atomic mass is 9.55. The summed E-state index contributed by atoms with van der Waals surface area (Å²) in [6.45, 7) is 25.2. The highest BCUT2D eigenvalue weighted by molar-refractivity contribution is 14.1. The Morgan fingerprint density at radius 1 is 0.795 bits per heavy atom. The summed E-state index contributed by atoms with van der Waals surface area (Å²) in [4.78, 5) is 49.9. The molecule has 0 fully saturated rings. The number of carboxylic acid groups (broad SMARTS) is 1. The molecule has 2 atom stereocenters. The molecule has 0 aliphatic heterocycles. The van der Waals surface area contributed by atoms with Crippen molar-refractivity contribution < 1.29 is 29.4 Å². The third kappa shape index (κ3) is 11.2. The van der Waals surface area contributed by atoms with Crippen molar-refractivity contribution in [3.63, 3.8) is 0 Å². The summed E-state index contributed by atoms with van der Waals surface area (Å²) in [6.07, 6.45) is 3.23. The molecule has 1 aromatic rings. The molecule has 0 bridgehead atoms. The van der Waals surface area contributed by atoms with Crippen LogP contribution < -0.4 is 16.0 Å². The zero-order valence-electron chi connectivity index (χ0n) is 27.8. The topological polar surface area (TPSA) is 145 Å². The number of carboxylic acids is 1. The largest absolute Gasteiger partial charge is 0.507 e. The Kier molecular flexibility index (Phi) is 13.7. The number of rotatable bonds is 16. The number of aromatic hydroxyl groups is 1. The van der Waals surface area contributed by atoms with Gasteiger partial charge in [0.2, 0.25) is 17.7 Å². The molecule has 0 aliphatic rings. The number of aliphatic carboxylic acids is 1. The fourth-order valence-electron chi connectivity index (χ4n) is 5.20. The Labute approximate surface area is 276 Å². The predicted octanol–water partition coefficient (Wildman–Crippen LogP) is 6.02. The van der Waals surface area contributed by atoms with Gasteiger partial charge in [0, 0.05) is 40.1 Å². The Hall–Kier alpha value is -2.89. The van der Waals surface area contributed by atoms with Gasteiger partial charge in [0.05, 0.1) is 5.92 Å². The van der Waals surface area contributed by atoms with E-state index in [1.54, 1.807) is 12.1 Å². The van der Waals surface area contributed by atoms with Crippen LogP contribution in [-0.4, -0.2) is 37.3 Å². The van der Waals surface area contributed by atoms with Crippen molar-refractivity contribution in [1.82, 2.24) is 16.0 Å². The normalized spacial score (nSPS) is 13.8. The first-order valence-electron chi connectivity index (χ1n) is 14.8. The molecule has 2 unspecified atom stereocenters. The maximum atomic E-state index is 14.0. The highest BCUT2D eigenvalue weighted by Gasteiger charge is 2.50. The van der Waals surface area contributed by atoms with Crippen molar-refractivity contribution in [2.45, 2.75) is 98.2 Å². The highest BCUT2D eigenvalue weighted by atomic mass is 127. The molecule has 0 saturated carbocycles. The fraction of sp³-hybridized carbons (Fsp3) is 0.588. The number of amides is 3. The number of nitrogens with one attached hydrogen (secondary N) is 3. The van der Waals surface area contributed by atoms with Crippen LogP contribution in [0.1, 0.15) is 91.8 Å². The first kappa shape index (κ1) is 39.1. The second kappa shape index (κ2) is 15.4. The van der Waals surface area contributed by atoms with E-state index in [-0.39, 0.29) is 34.7 Å². The molecule has 0 aromatic heterocycles. The zero-order valence-corrected chi connectivity index (χ0v) is 30.0. The molecule has 246 valence electrons. The molecule has 1 rings (SSSR count). The molecule has 9 nitrogen and oxygen atoms in total. The van der Waals surface area contributed by atoms with Gasteiger partial charge >= 0.3 is 5.97 Å². The summed E-state index contributed by atoms with van der Waals surface area (Å²) in [5.41, 5.74) is -0.0485. The summed E-state index contributed by atoms with van der Waals surface area (Å²) in [6, 6.07) is 3.40. The van der Waals surface area contributed by atoms with Gasteiger partial charge in [-0.2, -0.15) is 0 Å². The monoisotopic (exact) mass is 725 g/mol. The Bertz CT molecular complexity index is 1200. The molecular weight excluding hydrogens is 673 g/mol. The first-order valence-corrected chi connectivity index (χ1v) is 15.9. The van der Waals surface area contributed by atoms with Crippen LogP contribution in [0.25, 0.3) is 0 Å². The van der Waals surface area contributed by atoms with Crippen molar-refractivity contribution in [3.8, 4) is 5.75 Å². The van der Waals surface area contributed by atoms with E-state index in [1.165, 1.54) is 0 Å². The third-order valence-corrected chi connectivity index (χ3v) is 9.19. The van der Waals surface area contributed by atoms with Crippen LogP contribution >= 0.6 is 22.6 Å². The van der Waals surface area contributed by atoms with Gasteiger partial charge < -0.3 is 26.2 Å². The van der Waals surface area contributed by atoms with E-state index < -0.39 is 45.9 Å². The number of halogens is 1. The van der Waals surface area contributed by atoms with E-state index in [0.29, 0.717) is 29.5 Å². The molecule has 10 heteroatoms. The van der Waals surface area contributed by atoms with Crippen molar-refractivity contribution in [2.75, 3.05) is 0 Å². The van der Waals surface area contributed by atoms with Crippen LogP contribution in [0.3, 0.4) is 0 Å². The van der Waals surface area contributed by atoms with Crippen LogP contribution in [-0.2, 0) is 38.8 Å². The van der Waals surface area contributed by atoms with Gasteiger partial charge in [-0.05, 0) is 58.9 Å². The molecule has 44 heavy (non-hydrogen) atoms. The van der Waals surface area contributed by atoms with Gasteiger partial charge in [0.25, 0.3) is 0 Å². The quantitative estimate of drug-likeness (QED) is 0.0801. The molecule has 0 heterocycles. The molecule has 0 aliphatic carbocycles. The van der Waals surface area contributed by atoms with E-state index >= 15 is 0 Å². The Morgan fingerprint density at radius 2 is 1.25 bits per heavy atom.